The second-order valence-electron chi connectivity index (χ2n) is 8.41. The van der Waals surface area contributed by atoms with Crippen LogP contribution in [0.4, 0.5) is 11.5 Å². The van der Waals surface area contributed by atoms with Gasteiger partial charge < -0.3 is 10.6 Å². The molecule has 0 aliphatic rings. The molecule has 2 rings (SSSR count). The number of benzene rings is 1. The van der Waals surface area contributed by atoms with Crippen molar-refractivity contribution in [2.45, 2.75) is 66.3 Å². The number of unbranched alkanes of at least 4 members (excludes halogenated alkanes) is 1. The minimum absolute atomic E-state index is 0.0353. The van der Waals surface area contributed by atoms with Crippen LogP contribution in [0.2, 0.25) is 0 Å². The van der Waals surface area contributed by atoms with Gasteiger partial charge in [-0.25, -0.2) is 4.79 Å². The van der Waals surface area contributed by atoms with Gasteiger partial charge in [-0.05, 0) is 42.4 Å². The number of carbonyl (C=O) groups excluding carboxylic acids is 1. The lowest BCUT2D eigenvalue weighted by atomic mass is 10.0. The summed E-state index contributed by atoms with van der Waals surface area (Å²) in [7, 11) is 0. The van der Waals surface area contributed by atoms with Crippen LogP contribution in [-0.2, 0) is 6.54 Å². The maximum atomic E-state index is 13.4. The highest BCUT2D eigenvalue weighted by Gasteiger charge is 2.25. The Balaban J connectivity index is 2.54. The van der Waals surface area contributed by atoms with Crippen molar-refractivity contribution in [3.63, 3.8) is 0 Å². The van der Waals surface area contributed by atoms with Crippen LogP contribution >= 0.6 is 0 Å². The van der Waals surface area contributed by atoms with Crippen LogP contribution in [0.25, 0.3) is 0 Å². The zero-order valence-electron chi connectivity index (χ0n) is 18.7. The summed E-state index contributed by atoms with van der Waals surface area (Å²) in [6, 6.07) is 7.40. The van der Waals surface area contributed by atoms with Gasteiger partial charge in [-0.3, -0.25) is 19.1 Å². The molecule has 1 aromatic heterocycles. The van der Waals surface area contributed by atoms with E-state index in [2.05, 4.69) is 32.7 Å². The number of nitrogens with one attached hydrogen (secondary N) is 1. The highest BCUT2D eigenvalue weighted by atomic mass is 16.2. The molecule has 7 nitrogen and oxygen atoms in total. The van der Waals surface area contributed by atoms with Crippen LogP contribution in [0.5, 0.6) is 0 Å². The molecule has 1 heterocycles. The molecule has 2 aromatic rings. The number of anilines is 2. The Labute approximate surface area is 177 Å². The molecule has 7 heteroatoms. The fourth-order valence-corrected chi connectivity index (χ4v) is 3.25. The van der Waals surface area contributed by atoms with E-state index in [0.29, 0.717) is 36.9 Å². The van der Waals surface area contributed by atoms with Crippen LogP contribution < -0.4 is 21.9 Å². The van der Waals surface area contributed by atoms with Gasteiger partial charge in [0.2, 0.25) is 0 Å². The smallest absolute Gasteiger partial charge is 0.330 e. The van der Waals surface area contributed by atoms with Crippen molar-refractivity contribution >= 4 is 17.4 Å². The summed E-state index contributed by atoms with van der Waals surface area (Å²) in [5.74, 6) is 0.415. The third-order valence-corrected chi connectivity index (χ3v) is 5.22. The Morgan fingerprint density at radius 2 is 1.77 bits per heavy atom. The van der Waals surface area contributed by atoms with E-state index in [1.165, 1.54) is 9.47 Å². The van der Waals surface area contributed by atoms with Crippen LogP contribution in [0.1, 0.15) is 75.7 Å². The topological polar surface area (TPSA) is 101 Å². The zero-order chi connectivity index (χ0) is 22.4. The Bertz CT molecular complexity index is 971. The summed E-state index contributed by atoms with van der Waals surface area (Å²) in [5.41, 5.74) is 6.73. The molecule has 0 saturated carbocycles. The number of aromatic amines is 1. The molecule has 3 N–H and O–H groups in total. The average molecular weight is 415 g/mol. The Kier molecular flexibility index (Phi) is 8.03. The minimum atomic E-state index is -0.638. The summed E-state index contributed by atoms with van der Waals surface area (Å²) in [6.07, 6.45) is 2.31. The Hall–Kier alpha value is -2.83. The molecular formula is C23H34N4O3. The van der Waals surface area contributed by atoms with Crippen molar-refractivity contribution in [2.75, 3.05) is 17.2 Å². The van der Waals surface area contributed by atoms with E-state index in [-0.39, 0.29) is 17.4 Å². The summed E-state index contributed by atoms with van der Waals surface area (Å²) in [4.78, 5) is 42.1. The third-order valence-electron chi connectivity index (χ3n) is 5.22. The number of carbonyl (C=O) groups is 1. The van der Waals surface area contributed by atoms with Gasteiger partial charge in [-0.15, -0.1) is 0 Å². The molecular weight excluding hydrogens is 380 g/mol. The molecule has 0 unspecified atom stereocenters. The van der Waals surface area contributed by atoms with Crippen molar-refractivity contribution in [1.29, 1.82) is 0 Å². The fraction of sp³-hybridized carbons (Fsp3) is 0.522. The maximum absolute atomic E-state index is 13.4. The molecule has 0 bridgehead atoms. The van der Waals surface area contributed by atoms with Gasteiger partial charge in [0.1, 0.15) is 5.82 Å². The number of hydrogen-bond acceptors (Lipinski definition) is 4. The summed E-state index contributed by atoms with van der Waals surface area (Å²) in [6.45, 7) is 11.0. The lowest BCUT2D eigenvalue weighted by Crippen LogP contribution is -2.42. The van der Waals surface area contributed by atoms with Gasteiger partial charge in [0.25, 0.3) is 11.5 Å². The van der Waals surface area contributed by atoms with Gasteiger partial charge in [0, 0.05) is 18.7 Å². The van der Waals surface area contributed by atoms with E-state index in [1.54, 1.807) is 12.1 Å². The number of H-pyrrole nitrogens is 1. The number of nitrogens with two attached hydrogens (primary N) is 1. The second-order valence-corrected chi connectivity index (χ2v) is 8.41. The molecule has 0 spiro atoms. The quantitative estimate of drug-likeness (QED) is 0.653. The van der Waals surface area contributed by atoms with Crippen molar-refractivity contribution < 1.29 is 4.79 Å². The average Bonchev–Trinajstić information content (AvgIpc) is 2.69. The Morgan fingerprint density at radius 3 is 2.30 bits per heavy atom. The van der Waals surface area contributed by atoms with E-state index in [1.807, 2.05) is 19.1 Å². The van der Waals surface area contributed by atoms with E-state index in [0.717, 1.165) is 18.4 Å². The first-order chi connectivity index (χ1) is 14.2. The second kappa shape index (κ2) is 10.3. The first-order valence-electron chi connectivity index (χ1n) is 10.7. The van der Waals surface area contributed by atoms with Gasteiger partial charge in [0.05, 0.1) is 0 Å². The Morgan fingerprint density at radius 1 is 1.13 bits per heavy atom. The standard InChI is InChI=1S/C23H34N4O3/c1-6-7-13-27-20(24)19(21(28)25-23(27)30)26(14-12-15(2)3)22(29)18-10-8-17(9-11-18)16(4)5/h8-11,15-16H,6-7,12-14,24H2,1-5H3,(H,25,28,30). The van der Waals surface area contributed by atoms with Crippen molar-refractivity contribution in [2.24, 2.45) is 5.92 Å². The van der Waals surface area contributed by atoms with E-state index in [9.17, 15) is 14.4 Å². The number of nitrogen functional groups attached to an aromatic ring is 1. The van der Waals surface area contributed by atoms with E-state index in [4.69, 9.17) is 5.73 Å². The van der Waals surface area contributed by atoms with Crippen LogP contribution in [0.15, 0.2) is 33.9 Å². The lowest BCUT2D eigenvalue weighted by molar-refractivity contribution is 0.0985. The molecule has 0 fully saturated rings. The first-order valence-corrected chi connectivity index (χ1v) is 10.7. The number of aromatic nitrogens is 2. The van der Waals surface area contributed by atoms with Gasteiger partial charge >= 0.3 is 5.69 Å². The summed E-state index contributed by atoms with van der Waals surface area (Å²) in [5, 5.41) is 0. The highest BCUT2D eigenvalue weighted by Crippen LogP contribution is 2.22. The number of rotatable bonds is 9. The van der Waals surface area contributed by atoms with E-state index < -0.39 is 11.2 Å². The van der Waals surface area contributed by atoms with Crippen molar-refractivity contribution in [3.8, 4) is 0 Å². The third kappa shape index (κ3) is 5.40. The first kappa shape index (κ1) is 23.4. The molecule has 1 amide bonds. The fourth-order valence-electron chi connectivity index (χ4n) is 3.25. The van der Waals surface area contributed by atoms with Gasteiger partial charge in [0.15, 0.2) is 5.69 Å². The number of hydrogen-bond donors (Lipinski definition) is 2. The highest BCUT2D eigenvalue weighted by molar-refractivity contribution is 6.07. The molecule has 164 valence electrons. The summed E-state index contributed by atoms with van der Waals surface area (Å²) < 4.78 is 1.34. The molecule has 0 aliphatic heterocycles. The van der Waals surface area contributed by atoms with Crippen LogP contribution in [0, 0.1) is 5.92 Å². The zero-order valence-corrected chi connectivity index (χ0v) is 18.7. The SMILES string of the molecule is CCCCn1c(N)c(N(CCC(C)C)C(=O)c2ccc(C(C)C)cc2)c(=O)[nH]c1=O. The maximum Gasteiger partial charge on any atom is 0.330 e. The number of amides is 1. The number of nitrogens with zero attached hydrogens (tertiary/aromatic N) is 2. The predicted octanol–water partition coefficient (Wildman–Crippen LogP) is 3.74. The summed E-state index contributed by atoms with van der Waals surface area (Å²) >= 11 is 0. The predicted molar refractivity (Wildman–Crippen MR) is 122 cm³/mol. The largest absolute Gasteiger partial charge is 0.383 e. The minimum Gasteiger partial charge on any atom is -0.383 e. The molecule has 0 radical (unpaired) electrons. The van der Waals surface area contributed by atoms with Crippen molar-refractivity contribution in [1.82, 2.24) is 9.55 Å². The van der Waals surface area contributed by atoms with Crippen LogP contribution in [-0.4, -0.2) is 22.0 Å². The molecule has 0 atom stereocenters. The lowest BCUT2D eigenvalue weighted by Gasteiger charge is -2.25. The van der Waals surface area contributed by atoms with E-state index >= 15 is 0 Å². The molecule has 1 aromatic carbocycles. The molecule has 0 saturated heterocycles. The normalized spacial score (nSPS) is 11.3. The van der Waals surface area contributed by atoms with Gasteiger partial charge in [-0.1, -0.05) is 53.2 Å². The monoisotopic (exact) mass is 414 g/mol. The van der Waals surface area contributed by atoms with Crippen LogP contribution in [0.3, 0.4) is 0 Å². The molecule has 0 aliphatic carbocycles. The molecule has 30 heavy (non-hydrogen) atoms. The van der Waals surface area contributed by atoms with Gasteiger partial charge in [-0.2, -0.15) is 0 Å². The van der Waals surface area contributed by atoms with Crippen molar-refractivity contribution in [3.05, 3.63) is 56.2 Å².